The number of para-hydroxylation sites is 1. The number of fused-ring (bicyclic) bond motifs is 1. The van der Waals surface area contributed by atoms with Gasteiger partial charge in [0, 0.05) is 12.2 Å². The maximum Gasteiger partial charge on any atom is 0.343 e. The van der Waals surface area contributed by atoms with Gasteiger partial charge in [-0.15, -0.1) is 0 Å². The first-order valence-corrected chi connectivity index (χ1v) is 10.6. The third kappa shape index (κ3) is 4.21. The largest absolute Gasteiger partial charge is 0.449 e. The van der Waals surface area contributed by atoms with E-state index in [1.807, 2.05) is 55.5 Å². The smallest absolute Gasteiger partial charge is 0.343 e. The Kier molecular flexibility index (Phi) is 5.83. The number of amides is 1. The first-order chi connectivity index (χ1) is 14.8. The van der Waals surface area contributed by atoms with E-state index in [-0.39, 0.29) is 16.6 Å². The van der Waals surface area contributed by atoms with Crippen LogP contribution in [0.2, 0.25) is 5.15 Å². The number of rotatable bonds is 5. The molecule has 1 aliphatic rings. The fourth-order valence-corrected chi connectivity index (χ4v) is 4.12. The molecule has 1 aromatic heterocycles. The number of carbonyl (C=O) groups is 2. The van der Waals surface area contributed by atoms with E-state index in [2.05, 4.69) is 5.10 Å². The summed E-state index contributed by atoms with van der Waals surface area (Å²) in [6.45, 7) is 6.32. The molecule has 0 aliphatic carbocycles. The molecule has 0 saturated carbocycles. The lowest BCUT2D eigenvalue weighted by molar-refractivity contribution is -0.126. The van der Waals surface area contributed by atoms with Gasteiger partial charge in [0.2, 0.25) is 0 Å². The lowest BCUT2D eigenvalue weighted by Gasteiger charge is -2.21. The van der Waals surface area contributed by atoms with Gasteiger partial charge in [0.25, 0.3) is 5.91 Å². The third-order valence-electron chi connectivity index (χ3n) is 5.51. The van der Waals surface area contributed by atoms with E-state index in [4.69, 9.17) is 16.3 Å². The van der Waals surface area contributed by atoms with Crippen LogP contribution in [0.15, 0.2) is 48.5 Å². The topological polar surface area (TPSA) is 64.4 Å². The van der Waals surface area contributed by atoms with Gasteiger partial charge in [-0.1, -0.05) is 59.6 Å². The second kappa shape index (κ2) is 8.55. The number of ether oxygens (including phenoxy) is 1. The molecule has 1 unspecified atom stereocenters. The summed E-state index contributed by atoms with van der Waals surface area (Å²) in [7, 11) is 0. The zero-order valence-corrected chi connectivity index (χ0v) is 18.5. The Morgan fingerprint density at radius 2 is 1.84 bits per heavy atom. The van der Waals surface area contributed by atoms with Crippen molar-refractivity contribution in [1.82, 2.24) is 9.78 Å². The second-order valence-electron chi connectivity index (χ2n) is 7.81. The minimum Gasteiger partial charge on any atom is -0.449 e. The minimum atomic E-state index is -0.936. The highest BCUT2D eigenvalue weighted by Crippen LogP contribution is 2.29. The summed E-state index contributed by atoms with van der Waals surface area (Å²) in [5.41, 5.74) is 4.82. The highest BCUT2D eigenvalue weighted by molar-refractivity contribution is 6.32. The number of aryl methyl sites for hydroxylation is 2. The molecule has 3 aromatic rings. The zero-order valence-electron chi connectivity index (χ0n) is 17.8. The number of carbonyl (C=O) groups excluding carboxylic acids is 2. The lowest BCUT2D eigenvalue weighted by Crippen LogP contribution is -2.39. The van der Waals surface area contributed by atoms with Gasteiger partial charge in [-0.25, -0.2) is 9.48 Å². The monoisotopic (exact) mass is 437 g/mol. The molecule has 4 rings (SSSR count). The molecule has 160 valence electrons. The molecule has 1 atom stereocenters. The Balaban J connectivity index is 1.48. The summed E-state index contributed by atoms with van der Waals surface area (Å²) >= 11 is 6.47. The van der Waals surface area contributed by atoms with E-state index in [0.29, 0.717) is 18.8 Å². The maximum absolute atomic E-state index is 12.9. The highest BCUT2D eigenvalue weighted by Gasteiger charge is 2.31. The average molecular weight is 438 g/mol. The van der Waals surface area contributed by atoms with Crippen LogP contribution in [-0.4, -0.2) is 34.3 Å². The first-order valence-electron chi connectivity index (χ1n) is 10.2. The number of aromatic nitrogens is 2. The predicted molar refractivity (Wildman–Crippen MR) is 120 cm³/mol. The maximum atomic E-state index is 12.9. The fraction of sp³-hybridized carbons (Fsp3) is 0.292. The van der Waals surface area contributed by atoms with Crippen molar-refractivity contribution in [2.24, 2.45) is 0 Å². The van der Waals surface area contributed by atoms with Gasteiger partial charge in [-0.3, -0.25) is 4.79 Å². The lowest BCUT2D eigenvalue weighted by atomic mass is 10.1. The summed E-state index contributed by atoms with van der Waals surface area (Å²) in [4.78, 5) is 27.4. The molecule has 31 heavy (non-hydrogen) atoms. The van der Waals surface area contributed by atoms with Crippen LogP contribution in [0.3, 0.4) is 0 Å². The average Bonchev–Trinajstić information content (AvgIpc) is 3.29. The molecular formula is C24H24ClN3O3. The van der Waals surface area contributed by atoms with E-state index in [1.54, 1.807) is 23.4 Å². The summed E-state index contributed by atoms with van der Waals surface area (Å²) in [6, 6.07) is 15.8. The van der Waals surface area contributed by atoms with Gasteiger partial charge in [0.05, 0.1) is 12.2 Å². The van der Waals surface area contributed by atoms with Crippen molar-refractivity contribution >= 4 is 29.2 Å². The van der Waals surface area contributed by atoms with Crippen LogP contribution in [0.5, 0.6) is 0 Å². The van der Waals surface area contributed by atoms with E-state index >= 15 is 0 Å². The highest BCUT2D eigenvalue weighted by atomic mass is 35.5. The van der Waals surface area contributed by atoms with Crippen molar-refractivity contribution in [2.45, 2.75) is 39.8 Å². The van der Waals surface area contributed by atoms with Crippen molar-refractivity contribution in [2.75, 3.05) is 11.4 Å². The number of nitrogens with zero attached hydrogens (tertiary/aromatic N) is 3. The number of benzene rings is 2. The fourth-order valence-electron chi connectivity index (χ4n) is 3.81. The Labute approximate surface area is 186 Å². The van der Waals surface area contributed by atoms with Crippen LogP contribution in [0.4, 0.5) is 5.69 Å². The molecule has 0 saturated heterocycles. The normalized spacial score (nSPS) is 13.7. The summed E-state index contributed by atoms with van der Waals surface area (Å²) in [5, 5.41) is 4.60. The molecular weight excluding hydrogens is 414 g/mol. The van der Waals surface area contributed by atoms with E-state index < -0.39 is 12.1 Å². The van der Waals surface area contributed by atoms with Gasteiger partial charge in [-0.05, 0) is 44.4 Å². The number of hydrogen-bond acceptors (Lipinski definition) is 4. The standard InChI is InChI=1S/C24H24ClN3O3/c1-15-8-10-18(11-9-15)14-28-22(25)21(16(2)26-28)24(30)31-17(3)23(29)27-13-12-19-6-4-5-7-20(19)27/h4-11,17H,12-14H2,1-3H3. The van der Waals surface area contributed by atoms with Crippen LogP contribution in [0.1, 0.15) is 39.7 Å². The predicted octanol–water partition coefficient (Wildman–Crippen LogP) is 4.34. The van der Waals surface area contributed by atoms with Crippen LogP contribution in [0, 0.1) is 13.8 Å². The molecule has 2 aromatic carbocycles. The van der Waals surface area contributed by atoms with Crippen LogP contribution in [-0.2, 0) is 22.5 Å². The molecule has 0 bridgehead atoms. The van der Waals surface area contributed by atoms with Gasteiger partial charge in [-0.2, -0.15) is 5.10 Å². The van der Waals surface area contributed by atoms with Gasteiger partial charge < -0.3 is 9.64 Å². The molecule has 1 amide bonds. The Morgan fingerprint density at radius 3 is 2.58 bits per heavy atom. The first kappa shape index (κ1) is 21.1. The van der Waals surface area contributed by atoms with E-state index in [0.717, 1.165) is 28.8 Å². The summed E-state index contributed by atoms with van der Waals surface area (Å²) in [6.07, 6.45) is -0.145. The minimum absolute atomic E-state index is 0.190. The van der Waals surface area contributed by atoms with Gasteiger partial charge in [0.1, 0.15) is 10.7 Å². The Morgan fingerprint density at radius 1 is 1.13 bits per heavy atom. The summed E-state index contributed by atoms with van der Waals surface area (Å²) in [5.74, 6) is -0.898. The zero-order chi connectivity index (χ0) is 22.1. The molecule has 0 fully saturated rings. The van der Waals surface area contributed by atoms with Crippen molar-refractivity contribution in [3.05, 3.63) is 81.6 Å². The van der Waals surface area contributed by atoms with Crippen molar-refractivity contribution < 1.29 is 14.3 Å². The van der Waals surface area contributed by atoms with Gasteiger partial charge in [0.15, 0.2) is 6.10 Å². The molecule has 0 radical (unpaired) electrons. The van der Waals surface area contributed by atoms with Crippen molar-refractivity contribution in [3.63, 3.8) is 0 Å². The van der Waals surface area contributed by atoms with Crippen LogP contribution in [0.25, 0.3) is 0 Å². The SMILES string of the molecule is Cc1ccc(Cn2nc(C)c(C(=O)OC(C)C(=O)N3CCc4ccccc43)c2Cl)cc1. The van der Waals surface area contributed by atoms with Crippen LogP contribution < -0.4 is 4.90 Å². The molecule has 0 N–H and O–H groups in total. The number of esters is 1. The Bertz CT molecular complexity index is 1140. The molecule has 7 heteroatoms. The van der Waals surface area contributed by atoms with Crippen molar-refractivity contribution in [1.29, 1.82) is 0 Å². The summed E-state index contributed by atoms with van der Waals surface area (Å²) < 4.78 is 7.07. The van der Waals surface area contributed by atoms with E-state index in [9.17, 15) is 9.59 Å². The quantitative estimate of drug-likeness (QED) is 0.557. The van der Waals surface area contributed by atoms with E-state index in [1.165, 1.54) is 0 Å². The van der Waals surface area contributed by atoms with Gasteiger partial charge >= 0.3 is 5.97 Å². The van der Waals surface area contributed by atoms with Crippen molar-refractivity contribution in [3.8, 4) is 0 Å². The molecule has 0 spiro atoms. The van der Waals surface area contributed by atoms with Crippen LogP contribution >= 0.6 is 11.6 Å². The molecule has 6 nitrogen and oxygen atoms in total. The number of anilines is 1. The number of halogens is 1. The second-order valence-corrected chi connectivity index (χ2v) is 8.17. The third-order valence-corrected chi connectivity index (χ3v) is 5.89. The Hall–Kier alpha value is -3.12. The number of hydrogen-bond donors (Lipinski definition) is 0. The molecule has 1 aliphatic heterocycles. The molecule has 2 heterocycles.